The third-order valence-electron chi connectivity index (χ3n) is 4.34. The van der Waals surface area contributed by atoms with Crippen molar-refractivity contribution in [3.8, 4) is 0 Å². The highest BCUT2D eigenvalue weighted by molar-refractivity contribution is 6.33. The fourth-order valence-electron chi connectivity index (χ4n) is 2.82. The van der Waals surface area contributed by atoms with Crippen LogP contribution >= 0.6 is 11.6 Å². The van der Waals surface area contributed by atoms with E-state index in [0.717, 1.165) is 49.7 Å². The molecule has 0 spiro atoms. The van der Waals surface area contributed by atoms with Gasteiger partial charge in [0.25, 0.3) is 5.56 Å². The minimum Gasteiger partial charge on any atom is -0.366 e. The number of aromatic nitrogens is 3. The predicted octanol–water partition coefficient (Wildman–Crippen LogP) is 1.36. The molecule has 0 atom stereocenters. The van der Waals surface area contributed by atoms with Crippen molar-refractivity contribution in [2.24, 2.45) is 7.05 Å². The zero-order valence-corrected chi connectivity index (χ0v) is 14.3. The van der Waals surface area contributed by atoms with E-state index in [9.17, 15) is 4.79 Å². The van der Waals surface area contributed by atoms with Gasteiger partial charge in [0.1, 0.15) is 10.8 Å². The fraction of sp³-hybridized carbons (Fsp3) is 0.533. The Labute approximate surface area is 139 Å². The number of aryl methyl sites for hydroxylation is 3. The van der Waals surface area contributed by atoms with E-state index < -0.39 is 0 Å². The van der Waals surface area contributed by atoms with E-state index in [1.165, 1.54) is 4.68 Å². The van der Waals surface area contributed by atoms with Crippen LogP contribution in [0, 0.1) is 13.8 Å². The molecule has 124 valence electrons. The summed E-state index contributed by atoms with van der Waals surface area (Å²) in [5.74, 6) is 0.878. The van der Waals surface area contributed by atoms with Crippen LogP contribution in [-0.4, -0.2) is 46.0 Å². The van der Waals surface area contributed by atoms with E-state index in [1.807, 2.05) is 13.8 Å². The van der Waals surface area contributed by atoms with Crippen molar-refractivity contribution in [3.63, 3.8) is 0 Å². The van der Waals surface area contributed by atoms with Gasteiger partial charge >= 0.3 is 0 Å². The summed E-state index contributed by atoms with van der Waals surface area (Å²) in [5, 5.41) is 8.30. The lowest BCUT2D eigenvalue weighted by Crippen LogP contribution is -2.46. The van der Waals surface area contributed by atoms with Crippen LogP contribution in [0.5, 0.6) is 0 Å². The Morgan fingerprint density at radius 1 is 1.26 bits per heavy atom. The molecule has 7 nitrogen and oxygen atoms in total. The van der Waals surface area contributed by atoms with E-state index in [4.69, 9.17) is 16.1 Å². The van der Waals surface area contributed by atoms with Gasteiger partial charge in [-0.05, 0) is 13.8 Å². The number of nitrogens with zero attached hydrogens (tertiary/aromatic N) is 5. The summed E-state index contributed by atoms with van der Waals surface area (Å²) in [4.78, 5) is 16.4. The van der Waals surface area contributed by atoms with Crippen molar-refractivity contribution in [1.29, 1.82) is 0 Å². The molecule has 1 saturated heterocycles. The van der Waals surface area contributed by atoms with Gasteiger partial charge in [0, 0.05) is 45.3 Å². The lowest BCUT2D eigenvalue weighted by atomic mass is 10.1. The molecule has 0 radical (unpaired) electrons. The zero-order valence-electron chi connectivity index (χ0n) is 13.5. The molecule has 0 saturated carbocycles. The van der Waals surface area contributed by atoms with Gasteiger partial charge in [0.05, 0.1) is 17.6 Å². The Bertz CT molecular complexity index is 742. The highest BCUT2D eigenvalue weighted by atomic mass is 35.5. The van der Waals surface area contributed by atoms with E-state index in [0.29, 0.717) is 5.69 Å². The SMILES string of the molecule is Cc1noc(C)c1CN1CCN(c2cnn(C)c(=O)c2Cl)CC1. The molecule has 1 fully saturated rings. The second kappa shape index (κ2) is 6.33. The van der Waals surface area contributed by atoms with Gasteiger partial charge in [-0.25, -0.2) is 4.68 Å². The molecule has 0 amide bonds. The van der Waals surface area contributed by atoms with Crippen molar-refractivity contribution < 1.29 is 4.52 Å². The molecule has 2 aromatic rings. The second-order valence-electron chi connectivity index (χ2n) is 5.84. The normalized spacial score (nSPS) is 16.1. The van der Waals surface area contributed by atoms with Crippen LogP contribution in [0.1, 0.15) is 17.0 Å². The minimum atomic E-state index is -0.262. The van der Waals surface area contributed by atoms with E-state index in [1.54, 1.807) is 13.2 Å². The summed E-state index contributed by atoms with van der Waals surface area (Å²) in [6.45, 7) is 8.11. The number of hydrogen-bond acceptors (Lipinski definition) is 6. The van der Waals surface area contributed by atoms with Crippen LogP contribution in [0.4, 0.5) is 5.69 Å². The van der Waals surface area contributed by atoms with Crippen molar-refractivity contribution in [3.05, 3.63) is 38.6 Å². The van der Waals surface area contributed by atoms with Gasteiger partial charge in [-0.3, -0.25) is 9.69 Å². The first-order chi connectivity index (χ1) is 11.0. The van der Waals surface area contributed by atoms with E-state index in [-0.39, 0.29) is 10.6 Å². The Morgan fingerprint density at radius 2 is 1.96 bits per heavy atom. The molecular weight excluding hydrogens is 318 g/mol. The van der Waals surface area contributed by atoms with Crippen molar-refractivity contribution in [2.45, 2.75) is 20.4 Å². The lowest BCUT2D eigenvalue weighted by molar-refractivity contribution is 0.248. The summed E-state index contributed by atoms with van der Waals surface area (Å²) >= 11 is 6.18. The molecule has 23 heavy (non-hydrogen) atoms. The average molecular weight is 338 g/mol. The average Bonchev–Trinajstić information content (AvgIpc) is 2.86. The standard InChI is InChI=1S/C15H20ClN5O2/c1-10-12(11(2)23-18-10)9-20-4-6-21(7-5-20)13-8-17-19(3)15(22)14(13)16/h8H,4-7,9H2,1-3H3. The molecular formula is C15H20ClN5O2. The van der Waals surface area contributed by atoms with Gasteiger partial charge < -0.3 is 9.42 Å². The van der Waals surface area contributed by atoms with Gasteiger partial charge in [0.15, 0.2) is 0 Å². The maximum atomic E-state index is 11.9. The van der Waals surface area contributed by atoms with Gasteiger partial charge in [-0.2, -0.15) is 5.10 Å². The van der Waals surface area contributed by atoms with Crippen LogP contribution in [0.2, 0.25) is 5.02 Å². The molecule has 1 aliphatic heterocycles. The van der Waals surface area contributed by atoms with Gasteiger partial charge in [-0.1, -0.05) is 16.8 Å². The summed E-state index contributed by atoms with van der Waals surface area (Å²) in [7, 11) is 1.60. The topological polar surface area (TPSA) is 67.4 Å². The fourth-order valence-corrected chi connectivity index (χ4v) is 3.11. The molecule has 0 bridgehead atoms. The third-order valence-corrected chi connectivity index (χ3v) is 4.69. The Morgan fingerprint density at radius 3 is 2.57 bits per heavy atom. The van der Waals surface area contributed by atoms with Crippen LogP contribution in [0.25, 0.3) is 0 Å². The van der Waals surface area contributed by atoms with Gasteiger partial charge in [-0.15, -0.1) is 0 Å². The summed E-state index contributed by atoms with van der Waals surface area (Å²) in [6, 6.07) is 0. The molecule has 3 rings (SSSR count). The summed E-state index contributed by atoms with van der Waals surface area (Å²) in [5.41, 5.74) is 2.56. The molecule has 3 heterocycles. The molecule has 2 aromatic heterocycles. The second-order valence-corrected chi connectivity index (χ2v) is 6.22. The molecule has 8 heteroatoms. The number of anilines is 1. The molecule has 1 aliphatic rings. The van der Waals surface area contributed by atoms with Crippen LogP contribution < -0.4 is 10.5 Å². The summed E-state index contributed by atoms with van der Waals surface area (Å²) in [6.07, 6.45) is 1.66. The van der Waals surface area contributed by atoms with Crippen molar-refractivity contribution in [2.75, 3.05) is 31.1 Å². The quantitative estimate of drug-likeness (QED) is 0.842. The molecule has 0 aromatic carbocycles. The zero-order chi connectivity index (χ0) is 16.6. The summed E-state index contributed by atoms with van der Waals surface area (Å²) < 4.78 is 6.47. The third kappa shape index (κ3) is 3.11. The van der Waals surface area contributed by atoms with Gasteiger partial charge in [0.2, 0.25) is 0 Å². The Kier molecular flexibility index (Phi) is 4.41. The van der Waals surface area contributed by atoms with Crippen LogP contribution in [0.3, 0.4) is 0 Å². The predicted molar refractivity (Wildman–Crippen MR) is 88.0 cm³/mol. The first-order valence-electron chi connectivity index (χ1n) is 7.58. The van der Waals surface area contributed by atoms with Crippen LogP contribution in [-0.2, 0) is 13.6 Å². The highest BCUT2D eigenvalue weighted by Crippen LogP contribution is 2.23. The number of piperazine rings is 1. The maximum absolute atomic E-state index is 11.9. The molecule has 0 N–H and O–H groups in total. The van der Waals surface area contributed by atoms with Crippen LogP contribution in [0.15, 0.2) is 15.5 Å². The Balaban J connectivity index is 1.67. The highest BCUT2D eigenvalue weighted by Gasteiger charge is 2.22. The minimum absolute atomic E-state index is 0.238. The van der Waals surface area contributed by atoms with Crippen molar-refractivity contribution >= 4 is 17.3 Å². The first-order valence-corrected chi connectivity index (χ1v) is 7.96. The largest absolute Gasteiger partial charge is 0.366 e. The van der Waals surface area contributed by atoms with E-state index in [2.05, 4.69) is 20.1 Å². The lowest BCUT2D eigenvalue weighted by Gasteiger charge is -2.36. The number of rotatable bonds is 3. The van der Waals surface area contributed by atoms with E-state index >= 15 is 0 Å². The Hall–Kier alpha value is -1.86. The monoisotopic (exact) mass is 337 g/mol. The first kappa shape index (κ1) is 16.0. The molecule has 0 aliphatic carbocycles. The number of halogens is 1. The molecule has 0 unspecified atom stereocenters. The smallest absolute Gasteiger partial charge is 0.287 e. The number of hydrogen-bond donors (Lipinski definition) is 0. The maximum Gasteiger partial charge on any atom is 0.287 e. The van der Waals surface area contributed by atoms with Crippen molar-refractivity contribution in [1.82, 2.24) is 19.8 Å².